The van der Waals surface area contributed by atoms with Crippen molar-refractivity contribution in [1.82, 2.24) is 8.87 Å². The summed E-state index contributed by atoms with van der Waals surface area (Å²) in [5.74, 6) is 0.283. The molecule has 2 aliphatic rings. The number of nitrogens with zero attached hydrogens (tertiary/aromatic N) is 2. The lowest BCUT2D eigenvalue weighted by Gasteiger charge is -2.22. The van der Waals surface area contributed by atoms with E-state index < -0.39 is 10.0 Å². The number of hydrogen-bond donors (Lipinski definition) is 0. The van der Waals surface area contributed by atoms with E-state index in [0.29, 0.717) is 16.3 Å². The van der Waals surface area contributed by atoms with Crippen LogP contribution in [0.5, 0.6) is 5.75 Å². The Bertz CT molecular complexity index is 1480. The van der Waals surface area contributed by atoms with Gasteiger partial charge in [0.1, 0.15) is 23.0 Å². The van der Waals surface area contributed by atoms with E-state index in [-0.39, 0.29) is 54.2 Å². The highest BCUT2D eigenvalue weighted by Gasteiger charge is 2.33. The Morgan fingerprint density at radius 1 is 1.08 bits per heavy atom. The standard InChI is InChI=1S/C27H27ClN2O5S.C2H6/c1-29-11-10-20(15-27(29)32)22(16-24(31)18-6-7-18)19-8-9-23(28)21(14-19)17-30-12-13-35-25-4-2-3-5-26(25)36(30,33)34;1-2/h2-5,8-11,14-15,18,22H,6-7,12-13,16-17H2,1H3;1-2H3. The molecular weight excluding hydrogens is 524 g/mol. The molecule has 0 saturated heterocycles. The van der Waals surface area contributed by atoms with Gasteiger partial charge in [0.15, 0.2) is 0 Å². The van der Waals surface area contributed by atoms with Gasteiger partial charge in [0.2, 0.25) is 10.0 Å². The minimum Gasteiger partial charge on any atom is -0.491 e. The van der Waals surface area contributed by atoms with Crippen molar-refractivity contribution in [2.45, 2.75) is 50.5 Å². The highest BCUT2D eigenvalue weighted by atomic mass is 35.5. The van der Waals surface area contributed by atoms with Crippen LogP contribution in [0.2, 0.25) is 5.02 Å². The molecule has 1 fully saturated rings. The molecule has 38 heavy (non-hydrogen) atoms. The van der Waals surface area contributed by atoms with Crippen LogP contribution >= 0.6 is 11.6 Å². The average Bonchev–Trinajstić information content (AvgIpc) is 3.77. The van der Waals surface area contributed by atoms with Crippen molar-refractivity contribution in [2.24, 2.45) is 13.0 Å². The van der Waals surface area contributed by atoms with Crippen LogP contribution in [0.15, 0.2) is 70.5 Å². The first-order valence-electron chi connectivity index (χ1n) is 12.9. The molecule has 1 atom stereocenters. The summed E-state index contributed by atoms with van der Waals surface area (Å²) in [6.07, 6.45) is 3.79. The summed E-state index contributed by atoms with van der Waals surface area (Å²) in [5.41, 5.74) is 2.05. The van der Waals surface area contributed by atoms with Crippen LogP contribution < -0.4 is 10.3 Å². The van der Waals surface area contributed by atoms with E-state index in [1.807, 2.05) is 32.0 Å². The van der Waals surface area contributed by atoms with Gasteiger partial charge in [0.25, 0.3) is 5.56 Å². The number of rotatable bonds is 7. The Morgan fingerprint density at radius 3 is 2.50 bits per heavy atom. The predicted molar refractivity (Wildman–Crippen MR) is 148 cm³/mol. The second-order valence-electron chi connectivity index (χ2n) is 9.39. The average molecular weight is 557 g/mol. The number of halogens is 1. The molecule has 9 heteroatoms. The van der Waals surface area contributed by atoms with Gasteiger partial charge in [-0.05, 0) is 53.8 Å². The van der Waals surface area contributed by atoms with E-state index >= 15 is 0 Å². The van der Waals surface area contributed by atoms with Gasteiger partial charge >= 0.3 is 0 Å². The summed E-state index contributed by atoms with van der Waals surface area (Å²) >= 11 is 6.54. The molecule has 1 aliphatic carbocycles. The topological polar surface area (TPSA) is 85.7 Å². The number of carbonyl (C=O) groups is 1. The van der Waals surface area contributed by atoms with Crippen LogP contribution in [0.25, 0.3) is 0 Å². The number of benzene rings is 2. The lowest BCUT2D eigenvalue weighted by atomic mass is 9.86. The summed E-state index contributed by atoms with van der Waals surface area (Å²) in [4.78, 5) is 25.3. The number of aromatic nitrogens is 1. The molecule has 1 aliphatic heterocycles. The number of pyridine rings is 1. The molecule has 5 rings (SSSR count). The molecule has 0 N–H and O–H groups in total. The maximum atomic E-state index is 13.4. The molecule has 2 heterocycles. The third kappa shape index (κ3) is 6.03. The summed E-state index contributed by atoms with van der Waals surface area (Å²) < 4.78 is 35.3. The first-order chi connectivity index (χ1) is 18.2. The minimum absolute atomic E-state index is 0.0621. The zero-order valence-corrected chi connectivity index (χ0v) is 23.5. The van der Waals surface area contributed by atoms with Crippen molar-refractivity contribution in [3.05, 3.63) is 92.9 Å². The number of para-hydroxylation sites is 1. The second kappa shape index (κ2) is 11.8. The molecule has 0 radical (unpaired) electrons. The summed E-state index contributed by atoms with van der Waals surface area (Å²) in [6.45, 7) is 4.46. The van der Waals surface area contributed by atoms with Crippen molar-refractivity contribution in [3.8, 4) is 5.75 Å². The van der Waals surface area contributed by atoms with Crippen LogP contribution in [-0.2, 0) is 28.4 Å². The van der Waals surface area contributed by atoms with Gasteiger partial charge in [0, 0.05) is 55.7 Å². The van der Waals surface area contributed by atoms with Crippen molar-refractivity contribution in [1.29, 1.82) is 0 Å². The fraction of sp³-hybridized carbons (Fsp3) is 0.379. The largest absolute Gasteiger partial charge is 0.491 e. The number of carbonyl (C=O) groups excluding carboxylic acids is 1. The fourth-order valence-corrected chi connectivity index (χ4v) is 6.28. The van der Waals surface area contributed by atoms with Gasteiger partial charge < -0.3 is 9.30 Å². The van der Waals surface area contributed by atoms with Crippen LogP contribution in [0.4, 0.5) is 0 Å². The number of aryl methyl sites for hydroxylation is 1. The van der Waals surface area contributed by atoms with Crippen LogP contribution in [-0.4, -0.2) is 36.2 Å². The van der Waals surface area contributed by atoms with Crippen molar-refractivity contribution in [3.63, 3.8) is 0 Å². The Labute approximate surface area is 229 Å². The number of ether oxygens (including phenoxy) is 1. The van der Waals surface area contributed by atoms with Gasteiger partial charge in [-0.15, -0.1) is 0 Å². The Hall–Kier alpha value is -2.94. The van der Waals surface area contributed by atoms with Crippen molar-refractivity contribution < 1.29 is 17.9 Å². The van der Waals surface area contributed by atoms with E-state index in [9.17, 15) is 18.0 Å². The highest BCUT2D eigenvalue weighted by molar-refractivity contribution is 7.89. The summed E-state index contributed by atoms with van der Waals surface area (Å²) in [6, 6.07) is 15.5. The minimum atomic E-state index is -3.80. The fourth-order valence-electron chi connectivity index (χ4n) is 4.57. The maximum absolute atomic E-state index is 13.4. The predicted octanol–water partition coefficient (Wildman–Crippen LogP) is 5.15. The van der Waals surface area contributed by atoms with Crippen LogP contribution in [0, 0.1) is 5.92 Å². The van der Waals surface area contributed by atoms with Gasteiger partial charge in [-0.2, -0.15) is 4.31 Å². The van der Waals surface area contributed by atoms with Gasteiger partial charge in [-0.3, -0.25) is 9.59 Å². The third-order valence-corrected chi connectivity index (χ3v) is 9.11. The third-order valence-electron chi connectivity index (χ3n) is 6.85. The van der Waals surface area contributed by atoms with Crippen molar-refractivity contribution in [2.75, 3.05) is 13.2 Å². The highest BCUT2D eigenvalue weighted by Crippen LogP contribution is 2.37. The monoisotopic (exact) mass is 556 g/mol. The smallest absolute Gasteiger partial charge is 0.250 e. The lowest BCUT2D eigenvalue weighted by Crippen LogP contribution is -2.32. The van der Waals surface area contributed by atoms with Gasteiger partial charge in [0.05, 0.1) is 0 Å². The Balaban J connectivity index is 0.00000164. The van der Waals surface area contributed by atoms with E-state index in [1.165, 1.54) is 14.9 Å². The molecular formula is C29H33ClN2O5S. The van der Waals surface area contributed by atoms with Crippen LogP contribution in [0.3, 0.4) is 0 Å². The molecule has 202 valence electrons. The van der Waals surface area contributed by atoms with Crippen LogP contribution in [0.1, 0.15) is 55.7 Å². The number of sulfonamides is 1. The van der Waals surface area contributed by atoms with Gasteiger partial charge in [-0.25, -0.2) is 8.42 Å². The molecule has 1 unspecified atom stereocenters. The summed E-state index contributed by atoms with van der Waals surface area (Å²) in [7, 11) is -2.12. The summed E-state index contributed by atoms with van der Waals surface area (Å²) in [5, 5.41) is 0.434. The molecule has 0 spiro atoms. The molecule has 7 nitrogen and oxygen atoms in total. The normalized spacial score (nSPS) is 17.3. The number of fused-ring (bicyclic) bond motifs is 1. The lowest BCUT2D eigenvalue weighted by molar-refractivity contribution is -0.120. The quantitative estimate of drug-likeness (QED) is 0.402. The van der Waals surface area contributed by atoms with E-state index in [4.69, 9.17) is 16.3 Å². The van der Waals surface area contributed by atoms with Crippen molar-refractivity contribution >= 4 is 27.4 Å². The Kier molecular flexibility index (Phi) is 8.75. The molecule has 3 aromatic rings. The zero-order valence-electron chi connectivity index (χ0n) is 21.9. The molecule has 2 aromatic carbocycles. The number of hydrogen-bond acceptors (Lipinski definition) is 5. The second-order valence-corrected chi connectivity index (χ2v) is 11.7. The Morgan fingerprint density at radius 2 is 1.79 bits per heavy atom. The maximum Gasteiger partial charge on any atom is 0.250 e. The van der Waals surface area contributed by atoms with E-state index in [0.717, 1.165) is 24.0 Å². The molecule has 0 bridgehead atoms. The number of Topliss-reactive ketones (excluding diaryl/α,β-unsaturated/α-hetero) is 1. The molecule has 0 amide bonds. The van der Waals surface area contributed by atoms with E-state index in [1.54, 1.807) is 43.6 Å². The first-order valence-corrected chi connectivity index (χ1v) is 14.8. The zero-order chi connectivity index (χ0) is 27.4. The first kappa shape index (κ1) is 28.1. The molecule has 1 aromatic heterocycles. The number of ketones is 1. The SMILES string of the molecule is CC.Cn1ccc(C(CC(=O)C2CC2)c2ccc(Cl)c(CN3CCOc4ccccc4S3(=O)=O)c2)cc1=O. The van der Waals surface area contributed by atoms with Gasteiger partial charge in [-0.1, -0.05) is 49.7 Å². The van der Waals surface area contributed by atoms with E-state index in [2.05, 4.69) is 0 Å². The molecule has 1 saturated carbocycles.